The lowest BCUT2D eigenvalue weighted by Gasteiger charge is -2.36. The van der Waals surface area contributed by atoms with Crippen LogP contribution < -0.4 is 5.32 Å². The van der Waals surface area contributed by atoms with Gasteiger partial charge in [0, 0.05) is 12.5 Å². The molecule has 5 heteroatoms. The van der Waals surface area contributed by atoms with E-state index >= 15 is 0 Å². The van der Waals surface area contributed by atoms with E-state index < -0.39 is 12.0 Å². The molecule has 2 heterocycles. The van der Waals surface area contributed by atoms with Crippen molar-refractivity contribution in [3.63, 3.8) is 0 Å². The van der Waals surface area contributed by atoms with Crippen LogP contribution in [0.2, 0.25) is 0 Å². The van der Waals surface area contributed by atoms with Gasteiger partial charge in [-0.15, -0.1) is 0 Å². The maximum Gasteiger partial charge on any atom is 0.326 e. The monoisotopic (exact) mass is 240 g/mol. The molecule has 0 saturated carbocycles. The molecule has 0 spiro atoms. The highest BCUT2D eigenvalue weighted by Gasteiger charge is 2.35. The van der Waals surface area contributed by atoms with Gasteiger partial charge in [0.15, 0.2) is 0 Å². The quantitative estimate of drug-likeness (QED) is 0.735. The molecule has 0 radical (unpaired) electrons. The summed E-state index contributed by atoms with van der Waals surface area (Å²) in [6, 6.07) is -0.592. The molecule has 2 N–H and O–H groups in total. The predicted octanol–water partition coefficient (Wildman–Crippen LogP) is 0.452. The number of nitrogens with zero attached hydrogens (tertiary/aromatic N) is 1. The van der Waals surface area contributed by atoms with Gasteiger partial charge in [0.2, 0.25) is 5.91 Å². The van der Waals surface area contributed by atoms with Crippen LogP contribution in [-0.4, -0.2) is 47.6 Å². The van der Waals surface area contributed by atoms with Crippen molar-refractivity contribution in [2.24, 2.45) is 5.92 Å². The van der Waals surface area contributed by atoms with Crippen LogP contribution in [0, 0.1) is 5.92 Å². The molecule has 0 aliphatic carbocycles. The number of hydrogen-bond donors (Lipinski definition) is 2. The Balaban J connectivity index is 2.02. The molecule has 1 unspecified atom stereocenters. The van der Waals surface area contributed by atoms with Crippen LogP contribution in [0.5, 0.6) is 0 Å². The van der Waals surface area contributed by atoms with Crippen molar-refractivity contribution in [1.82, 2.24) is 10.2 Å². The molecule has 2 fully saturated rings. The second kappa shape index (κ2) is 5.49. The third kappa shape index (κ3) is 2.77. The summed E-state index contributed by atoms with van der Waals surface area (Å²) >= 11 is 0. The Morgan fingerprint density at radius 1 is 1.12 bits per heavy atom. The van der Waals surface area contributed by atoms with E-state index in [2.05, 4.69) is 5.32 Å². The first kappa shape index (κ1) is 12.4. The largest absolute Gasteiger partial charge is 0.480 e. The smallest absolute Gasteiger partial charge is 0.326 e. The minimum Gasteiger partial charge on any atom is -0.480 e. The van der Waals surface area contributed by atoms with Crippen molar-refractivity contribution in [2.75, 3.05) is 19.6 Å². The zero-order valence-corrected chi connectivity index (χ0v) is 10.0. The van der Waals surface area contributed by atoms with Gasteiger partial charge in [-0.05, 0) is 45.2 Å². The molecule has 0 bridgehead atoms. The van der Waals surface area contributed by atoms with E-state index in [4.69, 9.17) is 5.11 Å². The Morgan fingerprint density at radius 2 is 1.82 bits per heavy atom. The Bertz CT molecular complexity index is 300. The number of carbonyl (C=O) groups is 2. The zero-order chi connectivity index (χ0) is 12.3. The van der Waals surface area contributed by atoms with E-state index in [1.165, 1.54) is 0 Å². The number of likely N-dealkylation sites (tertiary alicyclic amines) is 1. The van der Waals surface area contributed by atoms with E-state index in [0.717, 1.165) is 38.8 Å². The summed E-state index contributed by atoms with van der Waals surface area (Å²) in [6.07, 6.45) is 4.11. The van der Waals surface area contributed by atoms with Crippen molar-refractivity contribution in [2.45, 2.75) is 38.1 Å². The van der Waals surface area contributed by atoms with Crippen molar-refractivity contribution < 1.29 is 14.7 Å². The average Bonchev–Trinajstić information content (AvgIpc) is 2.39. The number of nitrogens with one attached hydrogen (secondary N) is 1. The van der Waals surface area contributed by atoms with Crippen LogP contribution in [0.1, 0.15) is 32.1 Å². The first-order valence-electron chi connectivity index (χ1n) is 6.44. The fourth-order valence-electron chi connectivity index (χ4n) is 2.76. The molecule has 0 aromatic carbocycles. The lowest BCUT2D eigenvalue weighted by Crippen LogP contribution is -2.51. The minimum atomic E-state index is -0.855. The Hall–Kier alpha value is -1.10. The van der Waals surface area contributed by atoms with E-state index in [1.807, 2.05) is 0 Å². The first-order valence-corrected chi connectivity index (χ1v) is 6.44. The lowest BCUT2D eigenvalue weighted by molar-refractivity contribution is -0.154. The number of hydrogen-bond acceptors (Lipinski definition) is 3. The fraction of sp³-hybridized carbons (Fsp3) is 0.833. The molecule has 5 nitrogen and oxygen atoms in total. The van der Waals surface area contributed by atoms with E-state index in [0.29, 0.717) is 13.0 Å². The van der Waals surface area contributed by atoms with Gasteiger partial charge in [-0.1, -0.05) is 0 Å². The molecular formula is C12H20N2O3. The Kier molecular flexibility index (Phi) is 3.99. The molecule has 0 aromatic heterocycles. The summed E-state index contributed by atoms with van der Waals surface area (Å²) in [5.74, 6) is -0.776. The molecule has 17 heavy (non-hydrogen) atoms. The van der Waals surface area contributed by atoms with Crippen LogP contribution in [-0.2, 0) is 9.59 Å². The van der Waals surface area contributed by atoms with Crippen LogP contribution in [0.15, 0.2) is 0 Å². The molecule has 1 amide bonds. The molecule has 96 valence electrons. The van der Waals surface area contributed by atoms with Gasteiger partial charge in [-0.3, -0.25) is 4.79 Å². The third-order valence-corrected chi connectivity index (χ3v) is 3.76. The van der Waals surface area contributed by atoms with Gasteiger partial charge in [0.25, 0.3) is 0 Å². The van der Waals surface area contributed by atoms with Gasteiger partial charge in [-0.2, -0.15) is 0 Å². The molecule has 0 aromatic rings. The van der Waals surface area contributed by atoms with Crippen molar-refractivity contribution >= 4 is 11.9 Å². The van der Waals surface area contributed by atoms with Gasteiger partial charge in [0.1, 0.15) is 6.04 Å². The number of piperidine rings is 2. The van der Waals surface area contributed by atoms with Crippen LogP contribution in [0.25, 0.3) is 0 Å². The van der Waals surface area contributed by atoms with Crippen LogP contribution in [0.4, 0.5) is 0 Å². The summed E-state index contributed by atoms with van der Waals surface area (Å²) in [4.78, 5) is 25.0. The van der Waals surface area contributed by atoms with Crippen LogP contribution in [0.3, 0.4) is 0 Å². The third-order valence-electron chi connectivity index (χ3n) is 3.76. The van der Waals surface area contributed by atoms with Gasteiger partial charge < -0.3 is 15.3 Å². The minimum absolute atomic E-state index is 0.0243. The van der Waals surface area contributed by atoms with Gasteiger partial charge >= 0.3 is 5.97 Å². The average molecular weight is 240 g/mol. The van der Waals surface area contributed by atoms with Gasteiger partial charge in [0.05, 0.1) is 0 Å². The van der Waals surface area contributed by atoms with Crippen molar-refractivity contribution in [1.29, 1.82) is 0 Å². The maximum absolute atomic E-state index is 12.3. The SMILES string of the molecule is O=C(O)C1CCCCN1C(=O)C1CCNCC1. The number of carbonyl (C=O) groups excluding carboxylic acids is 1. The van der Waals surface area contributed by atoms with Crippen molar-refractivity contribution in [3.8, 4) is 0 Å². The van der Waals surface area contributed by atoms with E-state index in [-0.39, 0.29) is 11.8 Å². The number of carboxylic acids is 1. The topological polar surface area (TPSA) is 69.6 Å². The summed E-state index contributed by atoms with van der Waals surface area (Å²) in [5.41, 5.74) is 0. The summed E-state index contributed by atoms with van der Waals surface area (Å²) < 4.78 is 0. The highest BCUT2D eigenvalue weighted by molar-refractivity contribution is 5.85. The summed E-state index contributed by atoms with van der Waals surface area (Å²) in [5, 5.41) is 12.4. The number of rotatable bonds is 2. The highest BCUT2D eigenvalue weighted by atomic mass is 16.4. The molecule has 2 rings (SSSR count). The predicted molar refractivity (Wildman–Crippen MR) is 62.6 cm³/mol. The fourth-order valence-corrected chi connectivity index (χ4v) is 2.76. The highest BCUT2D eigenvalue weighted by Crippen LogP contribution is 2.23. The molecule has 2 aliphatic rings. The lowest BCUT2D eigenvalue weighted by atomic mass is 9.93. The number of carboxylic acid groups (broad SMARTS) is 1. The first-order chi connectivity index (χ1) is 8.20. The summed E-state index contributed by atoms with van der Waals surface area (Å²) in [7, 11) is 0. The standard InChI is InChI=1S/C12H20N2O3/c15-11(9-4-6-13-7-5-9)14-8-2-1-3-10(14)12(16)17/h9-10,13H,1-8H2,(H,16,17). The normalized spacial score (nSPS) is 26.8. The second-order valence-corrected chi connectivity index (χ2v) is 4.91. The Labute approximate surface area is 101 Å². The molecule has 2 aliphatic heterocycles. The maximum atomic E-state index is 12.3. The molecule has 1 atom stereocenters. The van der Waals surface area contributed by atoms with E-state index in [9.17, 15) is 9.59 Å². The molecule has 2 saturated heterocycles. The van der Waals surface area contributed by atoms with E-state index in [1.54, 1.807) is 4.90 Å². The number of aliphatic carboxylic acids is 1. The second-order valence-electron chi connectivity index (χ2n) is 4.91. The summed E-state index contributed by atoms with van der Waals surface area (Å²) in [6.45, 7) is 2.34. The molecular weight excluding hydrogens is 220 g/mol. The Morgan fingerprint density at radius 3 is 2.47 bits per heavy atom. The number of amides is 1. The van der Waals surface area contributed by atoms with Crippen LogP contribution >= 0.6 is 0 Å². The van der Waals surface area contributed by atoms with Gasteiger partial charge in [-0.25, -0.2) is 4.79 Å². The zero-order valence-electron chi connectivity index (χ0n) is 10.0. The van der Waals surface area contributed by atoms with Crippen molar-refractivity contribution in [3.05, 3.63) is 0 Å².